The highest BCUT2D eigenvalue weighted by atomic mass is 35.5. The molecular weight excluding hydrogens is 338 g/mol. The average molecular weight is 368 g/mol. The van der Waals surface area contributed by atoms with Gasteiger partial charge in [-0.1, -0.05) is 0 Å². The number of likely N-dealkylation sites (tertiary alicyclic amines) is 1. The van der Waals surface area contributed by atoms with Crippen LogP contribution in [0.2, 0.25) is 0 Å². The summed E-state index contributed by atoms with van der Waals surface area (Å²) in [5.74, 6) is 0.825. The zero-order valence-corrected chi connectivity index (χ0v) is 15.7. The molecule has 0 radical (unpaired) electrons. The van der Waals surface area contributed by atoms with Crippen LogP contribution in [0.1, 0.15) is 33.1 Å². The Morgan fingerprint density at radius 2 is 2.09 bits per heavy atom. The van der Waals surface area contributed by atoms with Crippen LogP contribution >= 0.6 is 12.4 Å². The Morgan fingerprint density at radius 1 is 1.39 bits per heavy atom. The van der Waals surface area contributed by atoms with Crippen molar-refractivity contribution in [3.63, 3.8) is 0 Å². The predicted molar refractivity (Wildman–Crippen MR) is 94.5 cm³/mol. The molecule has 0 spiro atoms. The Bertz CT molecular complexity index is 498. The zero-order valence-electron chi connectivity index (χ0n) is 14.1. The third-order valence-corrected chi connectivity index (χ3v) is 6.70. The molecule has 3 unspecified atom stereocenters. The van der Waals surface area contributed by atoms with Crippen LogP contribution in [-0.4, -0.2) is 73.9 Å². The number of amides is 1. The highest BCUT2D eigenvalue weighted by molar-refractivity contribution is 7.91. The molecule has 2 aliphatic rings. The van der Waals surface area contributed by atoms with E-state index in [-0.39, 0.29) is 41.9 Å². The van der Waals surface area contributed by atoms with E-state index in [1.54, 1.807) is 4.90 Å². The fraction of sp³-hybridized carbons (Fsp3) is 0.933. The molecule has 136 valence electrons. The van der Waals surface area contributed by atoms with Gasteiger partial charge in [0.05, 0.1) is 18.1 Å². The second kappa shape index (κ2) is 8.65. The zero-order chi connectivity index (χ0) is 16.3. The monoisotopic (exact) mass is 367 g/mol. The van der Waals surface area contributed by atoms with Crippen molar-refractivity contribution < 1.29 is 13.2 Å². The molecule has 2 rings (SSSR count). The molecule has 23 heavy (non-hydrogen) atoms. The van der Waals surface area contributed by atoms with Gasteiger partial charge < -0.3 is 10.6 Å². The molecule has 2 fully saturated rings. The number of piperidine rings is 1. The van der Waals surface area contributed by atoms with Gasteiger partial charge in [-0.2, -0.15) is 0 Å². The van der Waals surface area contributed by atoms with E-state index in [1.807, 2.05) is 13.8 Å². The van der Waals surface area contributed by atoms with Gasteiger partial charge in [0.15, 0.2) is 9.84 Å². The topological polar surface area (TPSA) is 83.7 Å². The second-order valence-corrected chi connectivity index (χ2v) is 8.96. The number of carbonyl (C=O) groups excluding carboxylic acids is 1. The molecule has 1 amide bonds. The van der Waals surface area contributed by atoms with Gasteiger partial charge in [0.25, 0.3) is 0 Å². The first-order valence-corrected chi connectivity index (χ1v) is 10.1. The minimum absolute atomic E-state index is 0. The van der Waals surface area contributed by atoms with E-state index in [1.165, 1.54) is 0 Å². The Labute approximate surface area is 146 Å². The van der Waals surface area contributed by atoms with Crippen LogP contribution in [0.15, 0.2) is 0 Å². The first kappa shape index (κ1) is 20.7. The number of hydrogen-bond donors (Lipinski definition) is 1. The molecule has 2 saturated heterocycles. The van der Waals surface area contributed by atoms with E-state index in [4.69, 9.17) is 5.73 Å². The van der Waals surface area contributed by atoms with Gasteiger partial charge in [-0.05, 0) is 45.6 Å². The Balaban J connectivity index is 0.00000264. The van der Waals surface area contributed by atoms with Crippen molar-refractivity contribution in [1.29, 1.82) is 0 Å². The Morgan fingerprint density at radius 3 is 2.61 bits per heavy atom. The molecule has 2 N–H and O–H groups in total. The predicted octanol–water partition coefficient (Wildman–Crippen LogP) is 0.503. The lowest BCUT2D eigenvalue weighted by Gasteiger charge is -2.36. The summed E-state index contributed by atoms with van der Waals surface area (Å²) < 4.78 is 23.3. The molecule has 3 atom stereocenters. The average Bonchev–Trinajstić information content (AvgIpc) is 2.80. The molecular formula is C15H30ClN3O3S. The molecule has 6 nitrogen and oxygen atoms in total. The SMILES string of the molecule is CCN(C(=O)CN1CCCC(C(C)N)C1)C1CCS(=O)(=O)C1.Cl. The maximum Gasteiger partial charge on any atom is 0.237 e. The lowest BCUT2D eigenvalue weighted by molar-refractivity contribution is -0.134. The lowest BCUT2D eigenvalue weighted by atomic mass is 9.92. The third kappa shape index (κ3) is 5.59. The molecule has 2 aliphatic heterocycles. The van der Waals surface area contributed by atoms with Crippen LogP contribution in [0.5, 0.6) is 0 Å². The van der Waals surface area contributed by atoms with E-state index in [9.17, 15) is 13.2 Å². The van der Waals surface area contributed by atoms with Gasteiger partial charge in [-0.25, -0.2) is 8.42 Å². The molecule has 0 aromatic rings. The Hall–Kier alpha value is -0.370. The van der Waals surface area contributed by atoms with Gasteiger partial charge in [0.2, 0.25) is 5.91 Å². The van der Waals surface area contributed by atoms with E-state index in [0.29, 0.717) is 25.4 Å². The fourth-order valence-corrected chi connectivity index (χ4v) is 5.34. The molecule has 0 aromatic heterocycles. The van der Waals surface area contributed by atoms with Gasteiger partial charge in [-0.15, -0.1) is 12.4 Å². The maximum absolute atomic E-state index is 12.6. The van der Waals surface area contributed by atoms with Crippen molar-refractivity contribution in [3.8, 4) is 0 Å². The van der Waals surface area contributed by atoms with Gasteiger partial charge in [0, 0.05) is 25.2 Å². The number of carbonyl (C=O) groups is 1. The van der Waals surface area contributed by atoms with E-state index in [0.717, 1.165) is 25.9 Å². The quantitative estimate of drug-likeness (QED) is 0.765. The summed E-state index contributed by atoms with van der Waals surface area (Å²) in [6.07, 6.45) is 2.77. The normalized spacial score (nSPS) is 28.8. The number of sulfone groups is 1. The first-order chi connectivity index (χ1) is 10.3. The highest BCUT2D eigenvalue weighted by Gasteiger charge is 2.34. The van der Waals surface area contributed by atoms with Crippen molar-refractivity contribution in [2.75, 3.05) is 37.7 Å². The molecule has 0 saturated carbocycles. The number of nitrogens with two attached hydrogens (primary N) is 1. The molecule has 0 aliphatic carbocycles. The van der Waals surface area contributed by atoms with Crippen LogP contribution in [0.4, 0.5) is 0 Å². The van der Waals surface area contributed by atoms with Crippen LogP contribution in [0.25, 0.3) is 0 Å². The fourth-order valence-electron chi connectivity index (χ4n) is 3.61. The summed E-state index contributed by atoms with van der Waals surface area (Å²) in [7, 11) is -2.96. The minimum Gasteiger partial charge on any atom is -0.338 e. The number of likely N-dealkylation sites (N-methyl/N-ethyl adjacent to an activating group) is 1. The molecule has 0 aromatic carbocycles. The summed E-state index contributed by atoms with van der Waals surface area (Å²) in [5, 5.41) is 0. The van der Waals surface area contributed by atoms with Gasteiger partial charge in [0.1, 0.15) is 0 Å². The summed E-state index contributed by atoms with van der Waals surface area (Å²) in [6.45, 7) is 6.69. The van der Waals surface area contributed by atoms with Crippen molar-refractivity contribution in [2.24, 2.45) is 11.7 Å². The third-order valence-electron chi connectivity index (χ3n) is 4.95. The maximum atomic E-state index is 12.6. The molecule has 2 heterocycles. The van der Waals surface area contributed by atoms with Crippen LogP contribution in [0, 0.1) is 5.92 Å². The molecule has 8 heteroatoms. The minimum atomic E-state index is -2.96. The summed E-state index contributed by atoms with van der Waals surface area (Å²) in [5.41, 5.74) is 5.99. The number of nitrogens with zero attached hydrogens (tertiary/aromatic N) is 2. The smallest absolute Gasteiger partial charge is 0.237 e. The van der Waals surface area contributed by atoms with E-state index in [2.05, 4.69) is 4.90 Å². The van der Waals surface area contributed by atoms with Crippen molar-refractivity contribution in [1.82, 2.24) is 9.80 Å². The Kier molecular flexibility index (Phi) is 7.77. The standard InChI is InChI=1S/C15H29N3O3S.ClH/c1-3-18(14-6-8-22(20,21)11-14)15(19)10-17-7-4-5-13(9-17)12(2)16;/h12-14H,3-11,16H2,1-2H3;1H. The van der Waals surface area contributed by atoms with Crippen molar-refractivity contribution in [2.45, 2.75) is 45.2 Å². The van der Waals surface area contributed by atoms with Crippen LogP contribution in [0.3, 0.4) is 0 Å². The van der Waals surface area contributed by atoms with Crippen LogP contribution < -0.4 is 5.73 Å². The summed E-state index contributed by atoms with van der Waals surface area (Å²) in [4.78, 5) is 16.5. The highest BCUT2D eigenvalue weighted by Crippen LogP contribution is 2.21. The second-order valence-electron chi connectivity index (χ2n) is 6.73. The summed E-state index contributed by atoms with van der Waals surface area (Å²) in [6, 6.07) is 0.0108. The first-order valence-electron chi connectivity index (χ1n) is 8.30. The van der Waals surface area contributed by atoms with E-state index < -0.39 is 9.84 Å². The van der Waals surface area contributed by atoms with E-state index >= 15 is 0 Å². The number of halogens is 1. The summed E-state index contributed by atoms with van der Waals surface area (Å²) >= 11 is 0. The van der Waals surface area contributed by atoms with Crippen LogP contribution in [-0.2, 0) is 14.6 Å². The number of hydrogen-bond acceptors (Lipinski definition) is 5. The van der Waals surface area contributed by atoms with Crippen molar-refractivity contribution >= 4 is 28.2 Å². The van der Waals surface area contributed by atoms with Gasteiger partial charge >= 0.3 is 0 Å². The largest absolute Gasteiger partial charge is 0.338 e. The number of rotatable bonds is 5. The molecule has 0 bridgehead atoms. The van der Waals surface area contributed by atoms with Gasteiger partial charge in [-0.3, -0.25) is 9.69 Å². The van der Waals surface area contributed by atoms with Crippen molar-refractivity contribution in [3.05, 3.63) is 0 Å². The lowest BCUT2D eigenvalue weighted by Crippen LogP contribution is -2.49.